The number of hydrogen-bond donors (Lipinski definition) is 2. The van der Waals surface area contributed by atoms with Crippen LogP contribution in [0.1, 0.15) is 24.8 Å². The SMILES string of the molecule is COc1ccc(Cl)c(C2(CN)CCC2)c1O. The number of phenolic OH excluding ortho intramolecular Hbond substituents is 1. The molecule has 0 spiro atoms. The highest BCUT2D eigenvalue weighted by atomic mass is 35.5. The average Bonchev–Trinajstić information content (AvgIpc) is 2.22. The van der Waals surface area contributed by atoms with E-state index < -0.39 is 0 Å². The molecule has 0 bridgehead atoms. The number of aromatic hydroxyl groups is 1. The van der Waals surface area contributed by atoms with Crippen LogP contribution in [0.15, 0.2) is 12.1 Å². The maximum absolute atomic E-state index is 10.1. The maximum atomic E-state index is 10.1. The van der Waals surface area contributed by atoms with Crippen LogP contribution < -0.4 is 10.5 Å². The lowest BCUT2D eigenvalue weighted by Gasteiger charge is -2.42. The molecule has 1 saturated carbocycles. The molecule has 0 atom stereocenters. The minimum absolute atomic E-state index is 0.139. The van der Waals surface area contributed by atoms with Crippen molar-refractivity contribution in [1.82, 2.24) is 0 Å². The van der Waals surface area contributed by atoms with Gasteiger partial charge in [-0.1, -0.05) is 18.0 Å². The highest BCUT2D eigenvalue weighted by molar-refractivity contribution is 6.31. The average molecular weight is 242 g/mol. The summed E-state index contributed by atoms with van der Waals surface area (Å²) in [5.74, 6) is 0.597. The predicted octanol–water partition coefficient (Wildman–Crippen LogP) is 2.43. The fourth-order valence-electron chi connectivity index (χ4n) is 2.38. The molecule has 4 heteroatoms. The van der Waals surface area contributed by atoms with Crippen LogP contribution in [0.2, 0.25) is 5.02 Å². The van der Waals surface area contributed by atoms with Gasteiger partial charge >= 0.3 is 0 Å². The summed E-state index contributed by atoms with van der Waals surface area (Å²) in [4.78, 5) is 0. The summed E-state index contributed by atoms with van der Waals surface area (Å²) in [6.45, 7) is 0.507. The summed E-state index contributed by atoms with van der Waals surface area (Å²) >= 11 is 6.16. The Kier molecular flexibility index (Phi) is 3.00. The van der Waals surface area contributed by atoms with Gasteiger partial charge in [-0.2, -0.15) is 0 Å². The molecule has 3 nitrogen and oxygen atoms in total. The lowest BCUT2D eigenvalue weighted by molar-refractivity contribution is 0.242. The summed E-state index contributed by atoms with van der Waals surface area (Å²) in [5.41, 5.74) is 6.41. The molecule has 0 aliphatic heterocycles. The lowest BCUT2D eigenvalue weighted by atomic mass is 9.64. The molecular formula is C12H16ClNO2. The van der Waals surface area contributed by atoms with Gasteiger partial charge in [0.1, 0.15) is 0 Å². The number of methoxy groups -OCH3 is 1. The molecule has 0 heterocycles. The molecule has 0 unspecified atom stereocenters. The van der Waals surface area contributed by atoms with Crippen LogP contribution in [0.3, 0.4) is 0 Å². The molecule has 3 N–H and O–H groups in total. The van der Waals surface area contributed by atoms with E-state index in [1.807, 2.05) is 0 Å². The molecule has 1 fully saturated rings. The third-order valence-electron chi connectivity index (χ3n) is 3.54. The number of rotatable bonds is 3. The van der Waals surface area contributed by atoms with E-state index in [9.17, 15) is 5.11 Å². The molecule has 0 aromatic heterocycles. The largest absolute Gasteiger partial charge is 0.504 e. The lowest BCUT2D eigenvalue weighted by Crippen LogP contribution is -2.41. The van der Waals surface area contributed by atoms with Crippen LogP contribution in [-0.4, -0.2) is 18.8 Å². The topological polar surface area (TPSA) is 55.5 Å². The molecule has 2 rings (SSSR count). The first-order valence-corrected chi connectivity index (χ1v) is 5.78. The molecule has 0 saturated heterocycles. The Morgan fingerprint density at radius 2 is 2.19 bits per heavy atom. The van der Waals surface area contributed by atoms with Crippen molar-refractivity contribution in [2.75, 3.05) is 13.7 Å². The Morgan fingerprint density at radius 3 is 2.62 bits per heavy atom. The van der Waals surface area contributed by atoms with Crippen molar-refractivity contribution in [3.63, 3.8) is 0 Å². The maximum Gasteiger partial charge on any atom is 0.163 e. The Hall–Kier alpha value is -0.930. The first kappa shape index (κ1) is 11.6. The normalized spacial score (nSPS) is 17.9. The van der Waals surface area contributed by atoms with Gasteiger partial charge < -0.3 is 15.6 Å². The number of hydrogen-bond acceptors (Lipinski definition) is 3. The van der Waals surface area contributed by atoms with Gasteiger partial charge in [0.25, 0.3) is 0 Å². The molecule has 16 heavy (non-hydrogen) atoms. The van der Waals surface area contributed by atoms with E-state index in [0.29, 0.717) is 17.3 Å². The summed E-state index contributed by atoms with van der Waals surface area (Å²) in [5, 5.41) is 10.7. The fourth-order valence-corrected chi connectivity index (χ4v) is 2.73. The zero-order valence-electron chi connectivity index (χ0n) is 9.29. The van der Waals surface area contributed by atoms with Gasteiger partial charge in [0.2, 0.25) is 0 Å². The molecule has 1 aromatic carbocycles. The van der Waals surface area contributed by atoms with Crippen LogP contribution >= 0.6 is 11.6 Å². The van der Waals surface area contributed by atoms with Gasteiger partial charge in [-0.25, -0.2) is 0 Å². The summed E-state index contributed by atoms with van der Waals surface area (Å²) < 4.78 is 5.10. The van der Waals surface area contributed by atoms with Crippen LogP contribution in [0, 0.1) is 0 Å². The Labute approximate surface area is 100 Å². The van der Waals surface area contributed by atoms with Gasteiger partial charge in [0.15, 0.2) is 11.5 Å². The van der Waals surface area contributed by atoms with Crippen molar-refractivity contribution in [2.24, 2.45) is 5.73 Å². The van der Waals surface area contributed by atoms with Crippen LogP contribution in [0.4, 0.5) is 0 Å². The highest BCUT2D eigenvalue weighted by Gasteiger charge is 2.41. The fraction of sp³-hybridized carbons (Fsp3) is 0.500. The molecular weight excluding hydrogens is 226 g/mol. The van der Waals surface area contributed by atoms with E-state index in [1.54, 1.807) is 12.1 Å². The van der Waals surface area contributed by atoms with E-state index in [1.165, 1.54) is 7.11 Å². The summed E-state index contributed by atoms with van der Waals surface area (Å²) in [6.07, 6.45) is 3.08. The van der Waals surface area contributed by atoms with Gasteiger partial charge in [-0.3, -0.25) is 0 Å². The van der Waals surface area contributed by atoms with Gasteiger partial charge in [-0.15, -0.1) is 0 Å². The quantitative estimate of drug-likeness (QED) is 0.855. The monoisotopic (exact) mass is 241 g/mol. The molecule has 0 radical (unpaired) electrons. The van der Waals surface area contributed by atoms with Crippen LogP contribution in [0.25, 0.3) is 0 Å². The first-order chi connectivity index (χ1) is 7.64. The van der Waals surface area contributed by atoms with E-state index in [4.69, 9.17) is 22.1 Å². The molecule has 0 amide bonds. The second kappa shape index (κ2) is 4.15. The number of phenols is 1. The van der Waals surface area contributed by atoms with Crippen LogP contribution in [0.5, 0.6) is 11.5 Å². The Morgan fingerprint density at radius 1 is 1.50 bits per heavy atom. The first-order valence-electron chi connectivity index (χ1n) is 5.40. The number of benzene rings is 1. The highest BCUT2D eigenvalue weighted by Crippen LogP contribution is 2.51. The number of nitrogens with two attached hydrogens (primary N) is 1. The van der Waals surface area contributed by atoms with Crippen molar-refractivity contribution in [3.8, 4) is 11.5 Å². The molecule has 1 aromatic rings. The molecule has 1 aliphatic rings. The van der Waals surface area contributed by atoms with Crippen molar-refractivity contribution in [3.05, 3.63) is 22.7 Å². The smallest absolute Gasteiger partial charge is 0.163 e. The molecule has 88 valence electrons. The van der Waals surface area contributed by atoms with E-state index in [-0.39, 0.29) is 11.2 Å². The molecule has 1 aliphatic carbocycles. The van der Waals surface area contributed by atoms with Gasteiger partial charge in [0.05, 0.1) is 7.11 Å². The van der Waals surface area contributed by atoms with Crippen LogP contribution in [-0.2, 0) is 5.41 Å². The third kappa shape index (κ3) is 1.55. The zero-order valence-corrected chi connectivity index (χ0v) is 10.0. The second-order valence-electron chi connectivity index (χ2n) is 4.31. The van der Waals surface area contributed by atoms with Crippen molar-refractivity contribution in [1.29, 1.82) is 0 Å². The second-order valence-corrected chi connectivity index (χ2v) is 4.72. The standard InChI is InChI=1S/C12H16ClNO2/c1-16-9-4-3-8(13)10(11(9)15)12(7-14)5-2-6-12/h3-4,15H,2,5-7,14H2,1H3. The summed E-state index contributed by atoms with van der Waals surface area (Å²) in [6, 6.07) is 3.43. The predicted molar refractivity (Wildman–Crippen MR) is 64.3 cm³/mol. The third-order valence-corrected chi connectivity index (χ3v) is 3.86. The Balaban J connectivity index is 2.54. The number of ether oxygens (including phenoxy) is 1. The van der Waals surface area contributed by atoms with E-state index >= 15 is 0 Å². The van der Waals surface area contributed by atoms with E-state index in [0.717, 1.165) is 24.8 Å². The van der Waals surface area contributed by atoms with Crippen molar-refractivity contribution < 1.29 is 9.84 Å². The zero-order chi connectivity index (χ0) is 11.8. The van der Waals surface area contributed by atoms with E-state index in [2.05, 4.69) is 0 Å². The number of halogens is 1. The minimum Gasteiger partial charge on any atom is -0.504 e. The summed E-state index contributed by atoms with van der Waals surface area (Å²) in [7, 11) is 1.53. The Bertz CT molecular complexity index is 397. The van der Waals surface area contributed by atoms with Gasteiger partial charge in [-0.05, 0) is 25.0 Å². The van der Waals surface area contributed by atoms with Gasteiger partial charge in [0, 0.05) is 22.5 Å². The minimum atomic E-state index is -0.157. The van der Waals surface area contributed by atoms with Crippen molar-refractivity contribution >= 4 is 11.6 Å². The van der Waals surface area contributed by atoms with Crippen molar-refractivity contribution in [2.45, 2.75) is 24.7 Å².